The van der Waals surface area contributed by atoms with Crippen LogP contribution in [0.5, 0.6) is 0 Å². The van der Waals surface area contributed by atoms with Crippen LogP contribution in [0.2, 0.25) is 0 Å². The lowest BCUT2D eigenvalue weighted by molar-refractivity contribution is 0.189. The lowest BCUT2D eigenvalue weighted by atomic mass is 10.1. The van der Waals surface area contributed by atoms with Crippen LogP contribution in [0.3, 0.4) is 0 Å². The molecule has 0 spiro atoms. The van der Waals surface area contributed by atoms with Gasteiger partial charge in [-0.25, -0.2) is 4.39 Å². The summed E-state index contributed by atoms with van der Waals surface area (Å²) in [5, 5.41) is 0. The monoisotopic (exact) mass is 282 g/mol. The molecule has 0 saturated heterocycles. The number of benzene rings is 1. The lowest BCUT2D eigenvalue weighted by Gasteiger charge is -2.28. The molecule has 0 amide bonds. The Hall–Kier alpha value is -1.00. The summed E-state index contributed by atoms with van der Waals surface area (Å²) >= 11 is 4.87. The van der Waals surface area contributed by atoms with Gasteiger partial charge in [0, 0.05) is 24.7 Å². The largest absolute Gasteiger partial charge is 0.389 e. The summed E-state index contributed by atoms with van der Waals surface area (Å²) in [4.78, 5) is 2.47. The molecule has 0 bridgehead atoms. The van der Waals surface area contributed by atoms with Gasteiger partial charge in [0.1, 0.15) is 10.8 Å². The topological polar surface area (TPSA) is 29.3 Å². The Morgan fingerprint density at radius 2 is 1.95 bits per heavy atom. The second-order valence-corrected chi connectivity index (χ2v) is 6.04. The predicted octanol–water partition coefficient (Wildman–Crippen LogP) is 3.33. The smallest absolute Gasteiger partial charge is 0.133 e. The van der Waals surface area contributed by atoms with E-state index in [0.717, 1.165) is 18.7 Å². The number of hydrogen-bond acceptors (Lipinski definition) is 2. The van der Waals surface area contributed by atoms with E-state index in [4.69, 9.17) is 18.0 Å². The minimum absolute atomic E-state index is 0.110. The van der Waals surface area contributed by atoms with E-state index in [1.807, 2.05) is 0 Å². The van der Waals surface area contributed by atoms with E-state index < -0.39 is 0 Å². The zero-order valence-electron chi connectivity index (χ0n) is 12.1. The molecular weight excluding hydrogens is 259 g/mol. The first-order valence-corrected chi connectivity index (χ1v) is 7.04. The van der Waals surface area contributed by atoms with Crippen molar-refractivity contribution in [1.82, 2.24) is 4.90 Å². The van der Waals surface area contributed by atoms with E-state index in [1.165, 1.54) is 6.07 Å². The number of rotatable bonds is 6. The fraction of sp³-hybridized carbons (Fsp3) is 0.533. The highest BCUT2D eigenvalue weighted by atomic mass is 32.1. The van der Waals surface area contributed by atoms with Crippen molar-refractivity contribution in [1.29, 1.82) is 0 Å². The molecule has 0 radical (unpaired) electrons. The van der Waals surface area contributed by atoms with Crippen LogP contribution in [0, 0.1) is 11.7 Å². The molecule has 0 aromatic heterocycles. The van der Waals surface area contributed by atoms with Gasteiger partial charge in [-0.2, -0.15) is 0 Å². The van der Waals surface area contributed by atoms with Crippen LogP contribution in [0.15, 0.2) is 18.2 Å². The van der Waals surface area contributed by atoms with Gasteiger partial charge < -0.3 is 5.73 Å². The molecule has 0 heterocycles. The SMILES string of the molecule is CC(C)CN(Cc1ccc(F)c(C(N)=S)c1)C(C)C. The standard InChI is InChI=1S/C15H23FN2S/c1-10(2)8-18(11(3)4)9-12-5-6-14(16)13(7-12)15(17)19/h5-7,10-11H,8-9H2,1-4H3,(H2,17,19). The molecule has 0 fully saturated rings. The Kier molecular flexibility index (Phi) is 5.88. The zero-order valence-corrected chi connectivity index (χ0v) is 12.9. The van der Waals surface area contributed by atoms with E-state index in [0.29, 0.717) is 17.5 Å². The van der Waals surface area contributed by atoms with Crippen molar-refractivity contribution >= 4 is 17.2 Å². The van der Waals surface area contributed by atoms with Crippen molar-refractivity contribution in [3.63, 3.8) is 0 Å². The highest BCUT2D eigenvalue weighted by Crippen LogP contribution is 2.15. The molecule has 1 aromatic rings. The third-order valence-corrected chi connectivity index (χ3v) is 3.23. The summed E-state index contributed by atoms with van der Waals surface area (Å²) in [7, 11) is 0. The van der Waals surface area contributed by atoms with Crippen LogP contribution >= 0.6 is 12.2 Å². The van der Waals surface area contributed by atoms with Gasteiger partial charge in [-0.1, -0.05) is 32.1 Å². The number of nitrogens with two attached hydrogens (primary N) is 1. The van der Waals surface area contributed by atoms with Crippen molar-refractivity contribution < 1.29 is 4.39 Å². The van der Waals surface area contributed by atoms with Gasteiger partial charge in [0.05, 0.1) is 0 Å². The van der Waals surface area contributed by atoms with Crippen LogP contribution < -0.4 is 5.73 Å². The molecule has 2 nitrogen and oxygen atoms in total. The molecule has 2 N–H and O–H groups in total. The maximum absolute atomic E-state index is 13.5. The average Bonchev–Trinajstić information content (AvgIpc) is 2.29. The van der Waals surface area contributed by atoms with Crippen LogP contribution in [0.25, 0.3) is 0 Å². The van der Waals surface area contributed by atoms with Gasteiger partial charge in [-0.05, 0) is 37.5 Å². The quantitative estimate of drug-likeness (QED) is 0.812. The minimum atomic E-state index is -0.351. The minimum Gasteiger partial charge on any atom is -0.389 e. The van der Waals surface area contributed by atoms with Gasteiger partial charge in [-0.15, -0.1) is 0 Å². The van der Waals surface area contributed by atoms with Gasteiger partial charge in [0.15, 0.2) is 0 Å². The van der Waals surface area contributed by atoms with Crippen LogP contribution in [0.1, 0.15) is 38.8 Å². The van der Waals surface area contributed by atoms with E-state index in [-0.39, 0.29) is 10.8 Å². The first-order valence-electron chi connectivity index (χ1n) is 6.63. The fourth-order valence-electron chi connectivity index (χ4n) is 2.02. The van der Waals surface area contributed by atoms with Gasteiger partial charge in [0.2, 0.25) is 0 Å². The first-order chi connectivity index (χ1) is 8.81. The first kappa shape index (κ1) is 16.1. The van der Waals surface area contributed by atoms with Crippen molar-refractivity contribution in [2.75, 3.05) is 6.54 Å². The fourth-order valence-corrected chi connectivity index (χ4v) is 2.18. The highest BCUT2D eigenvalue weighted by molar-refractivity contribution is 7.80. The Morgan fingerprint density at radius 3 is 2.42 bits per heavy atom. The maximum atomic E-state index is 13.5. The third kappa shape index (κ3) is 4.88. The highest BCUT2D eigenvalue weighted by Gasteiger charge is 2.13. The number of thiocarbonyl (C=S) groups is 1. The van der Waals surface area contributed by atoms with Crippen LogP contribution in [-0.2, 0) is 6.54 Å². The molecule has 0 saturated carbocycles. The van der Waals surface area contributed by atoms with Crippen molar-refractivity contribution in [2.45, 2.75) is 40.3 Å². The molecule has 1 rings (SSSR count). The molecule has 106 valence electrons. The average molecular weight is 282 g/mol. The summed E-state index contributed by atoms with van der Waals surface area (Å²) in [6.45, 7) is 10.5. The molecule has 0 atom stereocenters. The van der Waals surface area contributed by atoms with Crippen LogP contribution in [-0.4, -0.2) is 22.5 Å². The van der Waals surface area contributed by atoms with Crippen molar-refractivity contribution in [3.05, 3.63) is 35.1 Å². The predicted molar refractivity (Wildman–Crippen MR) is 82.7 cm³/mol. The molecule has 0 aliphatic heterocycles. The number of hydrogen-bond donors (Lipinski definition) is 1. The van der Waals surface area contributed by atoms with E-state index in [1.54, 1.807) is 12.1 Å². The van der Waals surface area contributed by atoms with Crippen LogP contribution in [0.4, 0.5) is 4.39 Å². The van der Waals surface area contributed by atoms with Gasteiger partial charge >= 0.3 is 0 Å². The summed E-state index contributed by atoms with van der Waals surface area (Å²) in [5.74, 6) is 0.245. The summed E-state index contributed by atoms with van der Waals surface area (Å²) in [6, 6.07) is 5.44. The molecule has 0 unspecified atom stereocenters. The Labute approximate surface area is 120 Å². The molecular formula is C15H23FN2S. The second kappa shape index (κ2) is 6.96. The van der Waals surface area contributed by atoms with Gasteiger partial charge in [-0.3, -0.25) is 4.90 Å². The molecule has 4 heteroatoms. The summed E-state index contributed by atoms with van der Waals surface area (Å²) in [6.07, 6.45) is 0. The summed E-state index contributed by atoms with van der Waals surface area (Å²) in [5.41, 5.74) is 6.91. The number of nitrogens with zero attached hydrogens (tertiary/aromatic N) is 1. The van der Waals surface area contributed by atoms with E-state index in [9.17, 15) is 4.39 Å². The number of halogens is 1. The lowest BCUT2D eigenvalue weighted by Crippen LogP contribution is -2.33. The Morgan fingerprint density at radius 1 is 1.32 bits per heavy atom. The zero-order chi connectivity index (χ0) is 14.6. The van der Waals surface area contributed by atoms with E-state index in [2.05, 4.69) is 32.6 Å². The Balaban J connectivity index is 2.90. The summed E-state index contributed by atoms with van der Waals surface area (Å²) < 4.78 is 13.5. The van der Waals surface area contributed by atoms with Crippen molar-refractivity contribution in [2.24, 2.45) is 11.7 Å². The maximum Gasteiger partial charge on any atom is 0.133 e. The van der Waals surface area contributed by atoms with Crippen molar-refractivity contribution in [3.8, 4) is 0 Å². The second-order valence-electron chi connectivity index (χ2n) is 5.60. The molecule has 1 aromatic carbocycles. The molecule has 19 heavy (non-hydrogen) atoms. The van der Waals surface area contributed by atoms with Gasteiger partial charge in [0.25, 0.3) is 0 Å². The normalized spacial score (nSPS) is 11.6. The molecule has 0 aliphatic carbocycles. The van der Waals surface area contributed by atoms with E-state index >= 15 is 0 Å². The third-order valence-electron chi connectivity index (χ3n) is 3.01. The Bertz CT molecular complexity index is 444. The molecule has 0 aliphatic rings.